The first kappa shape index (κ1) is 14.8. The van der Waals surface area contributed by atoms with Crippen molar-refractivity contribution in [2.24, 2.45) is 17.8 Å². The van der Waals surface area contributed by atoms with E-state index in [9.17, 15) is 14.7 Å². The van der Waals surface area contributed by atoms with Gasteiger partial charge in [0.15, 0.2) is 11.5 Å². The molecule has 2 atom stereocenters. The summed E-state index contributed by atoms with van der Waals surface area (Å²) in [5.74, 6) is 0.260. The van der Waals surface area contributed by atoms with E-state index >= 15 is 0 Å². The minimum atomic E-state index is -0.802. The van der Waals surface area contributed by atoms with Crippen molar-refractivity contribution < 1.29 is 24.2 Å². The lowest BCUT2D eigenvalue weighted by molar-refractivity contribution is -0.142. The first-order valence-electron chi connectivity index (χ1n) is 7.66. The van der Waals surface area contributed by atoms with Crippen LogP contribution in [0.3, 0.4) is 0 Å². The number of likely N-dealkylation sites (tertiary alicyclic amines) is 1. The van der Waals surface area contributed by atoms with Gasteiger partial charge in [-0.1, -0.05) is 0 Å². The van der Waals surface area contributed by atoms with Gasteiger partial charge in [0.25, 0.3) is 5.91 Å². The molecule has 7 heteroatoms. The van der Waals surface area contributed by atoms with Crippen LogP contribution in [0.4, 0.5) is 0 Å². The lowest BCUT2D eigenvalue weighted by atomic mass is 9.92. The third-order valence-electron chi connectivity index (χ3n) is 4.87. The summed E-state index contributed by atoms with van der Waals surface area (Å²) in [6.07, 6.45) is 2.15. The zero-order valence-electron chi connectivity index (χ0n) is 12.3. The van der Waals surface area contributed by atoms with Gasteiger partial charge in [-0.2, -0.15) is 0 Å². The van der Waals surface area contributed by atoms with Crippen LogP contribution >= 0.6 is 15.9 Å². The van der Waals surface area contributed by atoms with Gasteiger partial charge < -0.3 is 19.5 Å². The number of hydrogen-bond acceptors (Lipinski definition) is 4. The van der Waals surface area contributed by atoms with Crippen LogP contribution in [-0.4, -0.2) is 41.8 Å². The quantitative estimate of drug-likeness (QED) is 0.869. The maximum Gasteiger partial charge on any atom is 0.308 e. The van der Waals surface area contributed by atoms with Crippen molar-refractivity contribution >= 4 is 27.8 Å². The Morgan fingerprint density at radius 1 is 1.22 bits per heavy atom. The van der Waals surface area contributed by atoms with Crippen molar-refractivity contribution in [1.29, 1.82) is 0 Å². The number of aliphatic carboxylic acids is 1. The van der Waals surface area contributed by atoms with Gasteiger partial charge in [0.05, 0.1) is 10.4 Å². The average Bonchev–Trinajstić information content (AvgIpc) is 3.09. The highest BCUT2D eigenvalue weighted by Gasteiger charge is 2.47. The van der Waals surface area contributed by atoms with E-state index in [4.69, 9.17) is 9.47 Å². The summed E-state index contributed by atoms with van der Waals surface area (Å²) >= 11 is 3.39. The summed E-state index contributed by atoms with van der Waals surface area (Å²) < 4.78 is 11.3. The molecule has 1 saturated heterocycles. The molecule has 23 heavy (non-hydrogen) atoms. The molecule has 2 fully saturated rings. The second-order valence-electron chi connectivity index (χ2n) is 6.35. The zero-order valence-corrected chi connectivity index (χ0v) is 13.9. The molecule has 0 bridgehead atoms. The van der Waals surface area contributed by atoms with Crippen molar-refractivity contribution in [1.82, 2.24) is 4.90 Å². The predicted molar refractivity (Wildman–Crippen MR) is 83.5 cm³/mol. The van der Waals surface area contributed by atoms with E-state index in [-0.39, 0.29) is 25.2 Å². The molecule has 4 rings (SSSR count). The van der Waals surface area contributed by atoms with Crippen LogP contribution in [0.1, 0.15) is 23.2 Å². The molecule has 0 radical (unpaired) electrons. The van der Waals surface area contributed by atoms with Crippen molar-refractivity contribution in [2.75, 3.05) is 19.9 Å². The molecule has 1 saturated carbocycles. The monoisotopic (exact) mass is 381 g/mol. The molecule has 2 aliphatic heterocycles. The molecule has 6 nitrogen and oxygen atoms in total. The Bertz CT molecular complexity index is 687. The standard InChI is InChI=1S/C16H16BrNO5/c17-12-3-9(4-13-14(12)23-7-22-13)15(19)18-5-10(8-1-2-8)11(6-18)16(20)21/h3-4,8,10-11H,1-2,5-7H2,(H,20,21)/t10-,11+/m1/s1. The van der Waals surface area contributed by atoms with Gasteiger partial charge >= 0.3 is 5.97 Å². The molecule has 1 aromatic carbocycles. The smallest absolute Gasteiger partial charge is 0.308 e. The number of carboxylic acid groups (broad SMARTS) is 1. The van der Waals surface area contributed by atoms with Crippen LogP contribution in [0, 0.1) is 17.8 Å². The van der Waals surface area contributed by atoms with Crippen molar-refractivity contribution in [3.63, 3.8) is 0 Å². The third kappa shape index (κ3) is 2.56. The Morgan fingerprint density at radius 2 is 2.00 bits per heavy atom. The highest BCUT2D eigenvalue weighted by atomic mass is 79.9. The number of carboxylic acids is 1. The van der Waals surface area contributed by atoms with E-state index < -0.39 is 11.9 Å². The van der Waals surface area contributed by atoms with Crippen molar-refractivity contribution in [2.45, 2.75) is 12.8 Å². The Hall–Kier alpha value is -1.76. The van der Waals surface area contributed by atoms with E-state index in [0.717, 1.165) is 12.8 Å². The van der Waals surface area contributed by atoms with Gasteiger partial charge in [-0.15, -0.1) is 0 Å². The van der Waals surface area contributed by atoms with Gasteiger partial charge in [-0.3, -0.25) is 9.59 Å². The van der Waals surface area contributed by atoms with E-state index in [0.29, 0.717) is 34.0 Å². The SMILES string of the molecule is O=C(O)[C@H]1CN(C(=O)c2cc(Br)c3c(c2)OCO3)C[C@@H]1C1CC1. The van der Waals surface area contributed by atoms with Crippen LogP contribution in [-0.2, 0) is 4.79 Å². The number of amides is 1. The van der Waals surface area contributed by atoms with Crippen LogP contribution in [0.15, 0.2) is 16.6 Å². The number of halogens is 1. The molecule has 1 amide bonds. The second kappa shape index (κ2) is 5.40. The first-order chi connectivity index (χ1) is 11.0. The molecule has 0 unspecified atom stereocenters. The van der Waals surface area contributed by atoms with Gasteiger partial charge in [-0.25, -0.2) is 0 Å². The third-order valence-corrected chi connectivity index (χ3v) is 5.46. The lowest BCUT2D eigenvalue weighted by Gasteiger charge is -2.17. The van der Waals surface area contributed by atoms with Gasteiger partial charge in [0.2, 0.25) is 6.79 Å². The van der Waals surface area contributed by atoms with Crippen LogP contribution in [0.2, 0.25) is 0 Å². The Morgan fingerprint density at radius 3 is 2.70 bits per heavy atom. The highest BCUT2D eigenvalue weighted by Crippen LogP contribution is 2.45. The van der Waals surface area contributed by atoms with Gasteiger partial charge in [0.1, 0.15) is 0 Å². The van der Waals surface area contributed by atoms with Crippen LogP contribution < -0.4 is 9.47 Å². The number of fused-ring (bicyclic) bond motifs is 1. The summed E-state index contributed by atoms with van der Waals surface area (Å²) in [5.41, 5.74) is 0.488. The number of benzene rings is 1. The molecule has 3 aliphatic rings. The number of carbonyl (C=O) groups excluding carboxylic acids is 1. The van der Waals surface area contributed by atoms with E-state index in [2.05, 4.69) is 15.9 Å². The van der Waals surface area contributed by atoms with E-state index in [1.807, 2.05) is 0 Å². The molecular formula is C16H16BrNO5. The molecule has 0 spiro atoms. The summed E-state index contributed by atoms with van der Waals surface area (Å²) in [5, 5.41) is 9.42. The maximum absolute atomic E-state index is 12.8. The Kier molecular flexibility index (Phi) is 3.48. The largest absolute Gasteiger partial charge is 0.481 e. The molecule has 1 aliphatic carbocycles. The normalized spacial score (nSPS) is 25.7. The summed E-state index contributed by atoms with van der Waals surface area (Å²) in [7, 11) is 0. The average molecular weight is 382 g/mol. The summed E-state index contributed by atoms with van der Waals surface area (Å²) in [4.78, 5) is 25.9. The lowest BCUT2D eigenvalue weighted by Crippen LogP contribution is -2.29. The Balaban J connectivity index is 1.58. The number of hydrogen-bond donors (Lipinski definition) is 1. The number of ether oxygens (including phenoxy) is 2. The number of carbonyl (C=O) groups is 2. The molecule has 2 heterocycles. The molecule has 1 aromatic rings. The zero-order chi connectivity index (χ0) is 16.1. The summed E-state index contributed by atoms with van der Waals surface area (Å²) in [6.45, 7) is 0.939. The minimum Gasteiger partial charge on any atom is -0.481 e. The summed E-state index contributed by atoms with van der Waals surface area (Å²) in [6, 6.07) is 3.37. The van der Waals surface area contributed by atoms with Crippen molar-refractivity contribution in [3.05, 3.63) is 22.2 Å². The fourth-order valence-corrected chi connectivity index (χ4v) is 4.09. The second-order valence-corrected chi connectivity index (χ2v) is 7.20. The number of nitrogens with zero attached hydrogens (tertiary/aromatic N) is 1. The molecule has 0 aromatic heterocycles. The minimum absolute atomic E-state index is 0.0777. The van der Waals surface area contributed by atoms with Gasteiger partial charge in [0, 0.05) is 18.7 Å². The highest BCUT2D eigenvalue weighted by molar-refractivity contribution is 9.10. The molecule has 122 valence electrons. The fraction of sp³-hybridized carbons (Fsp3) is 0.500. The van der Waals surface area contributed by atoms with Crippen LogP contribution in [0.25, 0.3) is 0 Å². The van der Waals surface area contributed by atoms with E-state index in [1.54, 1.807) is 17.0 Å². The van der Waals surface area contributed by atoms with Gasteiger partial charge in [-0.05, 0) is 52.7 Å². The molecular weight excluding hydrogens is 366 g/mol. The topological polar surface area (TPSA) is 76.1 Å². The fourth-order valence-electron chi connectivity index (χ4n) is 3.53. The molecule has 1 N–H and O–H groups in total. The van der Waals surface area contributed by atoms with Crippen molar-refractivity contribution in [3.8, 4) is 11.5 Å². The maximum atomic E-state index is 12.8. The predicted octanol–water partition coefficient (Wildman–Crippen LogP) is 2.36. The Labute approximate surface area is 141 Å². The van der Waals surface area contributed by atoms with E-state index in [1.165, 1.54) is 0 Å². The number of rotatable bonds is 3. The van der Waals surface area contributed by atoms with Crippen LogP contribution in [0.5, 0.6) is 11.5 Å². The first-order valence-corrected chi connectivity index (χ1v) is 8.45.